The molecular weight excluding hydrogens is 306 g/mol. The number of aryl methyl sites for hydroxylation is 1. The normalized spacial score (nSPS) is 21.6. The first-order chi connectivity index (χ1) is 11.2. The molecule has 124 valence electrons. The van der Waals surface area contributed by atoms with Crippen molar-refractivity contribution >= 4 is 11.3 Å². The second-order valence-electron chi connectivity index (χ2n) is 7.01. The molecule has 0 bridgehead atoms. The zero-order valence-electron chi connectivity index (χ0n) is 14.0. The van der Waals surface area contributed by atoms with Crippen LogP contribution in [0.4, 0.5) is 0 Å². The molecule has 0 unspecified atom stereocenters. The molecule has 0 spiro atoms. The minimum atomic E-state index is 0.436. The summed E-state index contributed by atoms with van der Waals surface area (Å²) >= 11 is 1.90. The number of methoxy groups -OCH3 is 1. The second kappa shape index (κ2) is 6.38. The highest BCUT2D eigenvalue weighted by atomic mass is 32.1. The molecule has 1 fully saturated rings. The standard InChI is InChI=1S/C18H25N3OS/c1-13-3-6-16(23-13)9-20-8-15(11-22-2)18-17(10-20)19-12-21(18)7-14-4-5-14/h3,6,12,14-15H,4-5,7-11H2,1-2H3/t15-/m1/s1. The Balaban J connectivity index is 1.54. The fourth-order valence-corrected chi connectivity index (χ4v) is 4.60. The Morgan fingerprint density at radius 3 is 2.91 bits per heavy atom. The maximum atomic E-state index is 5.52. The molecule has 0 radical (unpaired) electrons. The first-order valence-corrected chi connectivity index (χ1v) is 9.35. The minimum Gasteiger partial charge on any atom is -0.384 e. The highest BCUT2D eigenvalue weighted by molar-refractivity contribution is 7.11. The number of thiophene rings is 1. The lowest BCUT2D eigenvalue weighted by atomic mass is 9.98. The summed E-state index contributed by atoms with van der Waals surface area (Å²) in [5.41, 5.74) is 2.68. The van der Waals surface area contributed by atoms with Crippen molar-refractivity contribution in [2.75, 3.05) is 20.3 Å². The van der Waals surface area contributed by atoms with Crippen LogP contribution in [0, 0.1) is 12.8 Å². The predicted molar refractivity (Wildman–Crippen MR) is 92.7 cm³/mol. The Hall–Kier alpha value is -1.17. The summed E-state index contributed by atoms with van der Waals surface area (Å²) < 4.78 is 7.93. The molecule has 5 heteroatoms. The van der Waals surface area contributed by atoms with Crippen molar-refractivity contribution in [3.63, 3.8) is 0 Å². The SMILES string of the molecule is COC[C@H]1CN(Cc2ccc(C)s2)Cc2ncn(CC3CC3)c21. The van der Waals surface area contributed by atoms with Crippen LogP contribution in [-0.4, -0.2) is 34.7 Å². The van der Waals surface area contributed by atoms with E-state index in [2.05, 4.69) is 34.9 Å². The fourth-order valence-electron chi connectivity index (χ4n) is 3.67. The lowest BCUT2D eigenvalue weighted by molar-refractivity contribution is 0.132. The summed E-state index contributed by atoms with van der Waals surface area (Å²) in [6.07, 6.45) is 4.82. The van der Waals surface area contributed by atoms with Crippen LogP contribution in [-0.2, 0) is 24.4 Å². The van der Waals surface area contributed by atoms with Gasteiger partial charge in [0.25, 0.3) is 0 Å². The Labute approximate surface area is 142 Å². The van der Waals surface area contributed by atoms with Gasteiger partial charge >= 0.3 is 0 Å². The number of aromatic nitrogens is 2. The van der Waals surface area contributed by atoms with Gasteiger partial charge in [0.05, 0.1) is 18.6 Å². The molecule has 2 aromatic rings. The Morgan fingerprint density at radius 1 is 1.35 bits per heavy atom. The van der Waals surface area contributed by atoms with E-state index in [4.69, 9.17) is 9.72 Å². The van der Waals surface area contributed by atoms with E-state index in [9.17, 15) is 0 Å². The quantitative estimate of drug-likeness (QED) is 0.812. The number of fused-ring (bicyclic) bond motifs is 1. The number of hydrogen-bond donors (Lipinski definition) is 0. The smallest absolute Gasteiger partial charge is 0.0952 e. The second-order valence-corrected chi connectivity index (χ2v) is 8.38. The topological polar surface area (TPSA) is 30.3 Å². The van der Waals surface area contributed by atoms with Crippen LogP contribution in [0.5, 0.6) is 0 Å². The molecule has 1 aliphatic carbocycles. The summed E-state index contributed by atoms with van der Waals surface area (Å²) in [5.74, 6) is 1.31. The zero-order chi connectivity index (χ0) is 15.8. The number of rotatable bonds is 6. The first kappa shape index (κ1) is 15.4. The van der Waals surface area contributed by atoms with E-state index in [0.717, 1.165) is 38.7 Å². The van der Waals surface area contributed by atoms with Crippen molar-refractivity contribution < 1.29 is 4.74 Å². The highest BCUT2D eigenvalue weighted by Gasteiger charge is 2.31. The average Bonchev–Trinajstić information content (AvgIpc) is 3.11. The maximum Gasteiger partial charge on any atom is 0.0952 e. The molecule has 0 saturated heterocycles. The molecule has 2 aromatic heterocycles. The van der Waals surface area contributed by atoms with Gasteiger partial charge in [-0.15, -0.1) is 11.3 Å². The van der Waals surface area contributed by atoms with Crippen molar-refractivity contribution in [1.29, 1.82) is 0 Å². The third-order valence-corrected chi connectivity index (χ3v) is 5.88. The van der Waals surface area contributed by atoms with Gasteiger partial charge in [0, 0.05) is 54.7 Å². The molecule has 0 amide bonds. The molecule has 1 atom stereocenters. The van der Waals surface area contributed by atoms with Gasteiger partial charge in [-0.3, -0.25) is 4.90 Å². The molecule has 0 N–H and O–H groups in total. The number of ether oxygens (including phenoxy) is 1. The highest BCUT2D eigenvalue weighted by Crippen LogP contribution is 2.35. The first-order valence-electron chi connectivity index (χ1n) is 8.53. The molecule has 3 heterocycles. The van der Waals surface area contributed by atoms with Gasteiger partial charge < -0.3 is 9.30 Å². The van der Waals surface area contributed by atoms with Crippen molar-refractivity contribution in [1.82, 2.24) is 14.5 Å². The fraction of sp³-hybridized carbons (Fsp3) is 0.611. The Kier molecular flexibility index (Phi) is 4.26. The third kappa shape index (κ3) is 3.37. The van der Waals surface area contributed by atoms with E-state index in [0.29, 0.717) is 5.92 Å². The van der Waals surface area contributed by atoms with E-state index in [1.165, 1.54) is 34.0 Å². The van der Waals surface area contributed by atoms with Crippen LogP contribution in [0.1, 0.15) is 39.9 Å². The van der Waals surface area contributed by atoms with Crippen LogP contribution in [0.3, 0.4) is 0 Å². The van der Waals surface area contributed by atoms with Crippen molar-refractivity contribution in [3.05, 3.63) is 39.6 Å². The van der Waals surface area contributed by atoms with Crippen LogP contribution >= 0.6 is 11.3 Å². The average molecular weight is 331 g/mol. The zero-order valence-corrected chi connectivity index (χ0v) is 14.8. The van der Waals surface area contributed by atoms with Crippen LogP contribution in [0.15, 0.2) is 18.5 Å². The van der Waals surface area contributed by atoms with Crippen LogP contribution < -0.4 is 0 Å². The van der Waals surface area contributed by atoms with Gasteiger partial charge in [0.15, 0.2) is 0 Å². The van der Waals surface area contributed by atoms with Gasteiger partial charge in [0.2, 0.25) is 0 Å². The lowest BCUT2D eigenvalue weighted by Gasteiger charge is -2.32. The molecule has 2 aliphatic rings. The maximum absolute atomic E-state index is 5.52. The van der Waals surface area contributed by atoms with Crippen LogP contribution in [0.2, 0.25) is 0 Å². The summed E-state index contributed by atoms with van der Waals surface area (Å²) in [6.45, 7) is 7.15. The predicted octanol–water partition coefficient (Wildman–Crippen LogP) is 3.41. The van der Waals surface area contributed by atoms with Crippen LogP contribution in [0.25, 0.3) is 0 Å². The van der Waals surface area contributed by atoms with Gasteiger partial charge in [-0.05, 0) is 37.8 Å². The van der Waals surface area contributed by atoms with Crippen molar-refractivity contribution in [3.8, 4) is 0 Å². The molecule has 1 saturated carbocycles. The monoisotopic (exact) mass is 331 g/mol. The van der Waals surface area contributed by atoms with E-state index in [-0.39, 0.29) is 0 Å². The van der Waals surface area contributed by atoms with E-state index >= 15 is 0 Å². The number of hydrogen-bond acceptors (Lipinski definition) is 4. The molecule has 1 aliphatic heterocycles. The van der Waals surface area contributed by atoms with Crippen molar-refractivity contribution in [2.24, 2.45) is 5.92 Å². The van der Waals surface area contributed by atoms with Gasteiger partial charge in [-0.2, -0.15) is 0 Å². The van der Waals surface area contributed by atoms with E-state index in [1.54, 1.807) is 0 Å². The van der Waals surface area contributed by atoms with Gasteiger partial charge in [0.1, 0.15) is 0 Å². The van der Waals surface area contributed by atoms with Gasteiger partial charge in [-0.1, -0.05) is 0 Å². The summed E-state index contributed by atoms with van der Waals surface area (Å²) in [5, 5.41) is 0. The van der Waals surface area contributed by atoms with E-state index < -0.39 is 0 Å². The molecule has 0 aromatic carbocycles. The van der Waals surface area contributed by atoms with Crippen molar-refractivity contribution in [2.45, 2.75) is 45.3 Å². The Morgan fingerprint density at radius 2 is 2.22 bits per heavy atom. The summed E-state index contributed by atoms with van der Waals surface area (Å²) in [7, 11) is 1.81. The molecule has 4 nitrogen and oxygen atoms in total. The number of nitrogens with zero attached hydrogens (tertiary/aromatic N) is 3. The largest absolute Gasteiger partial charge is 0.384 e. The third-order valence-electron chi connectivity index (χ3n) is 4.89. The van der Waals surface area contributed by atoms with Gasteiger partial charge in [-0.25, -0.2) is 4.98 Å². The molecule has 23 heavy (non-hydrogen) atoms. The number of imidazole rings is 1. The summed E-state index contributed by atoms with van der Waals surface area (Å²) in [6, 6.07) is 4.47. The summed E-state index contributed by atoms with van der Waals surface area (Å²) in [4.78, 5) is 10.1. The molecule has 4 rings (SSSR count). The van der Waals surface area contributed by atoms with E-state index in [1.807, 2.05) is 18.4 Å². The lowest BCUT2D eigenvalue weighted by Crippen LogP contribution is -2.36. The minimum absolute atomic E-state index is 0.436. The Bertz CT molecular complexity index is 674. The molecular formula is C18H25N3OS.